The lowest BCUT2D eigenvalue weighted by Crippen LogP contribution is -2.09. The van der Waals surface area contributed by atoms with E-state index >= 15 is 0 Å². The maximum absolute atomic E-state index is 4.60. The number of benzene rings is 1. The number of rotatable bonds is 4. The zero-order valence-corrected chi connectivity index (χ0v) is 10.8. The molecule has 0 amide bonds. The molecule has 0 aliphatic carbocycles. The summed E-state index contributed by atoms with van der Waals surface area (Å²) in [5, 5.41) is 6.45. The number of aromatic nitrogens is 1. The van der Waals surface area contributed by atoms with Crippen LogP contribution >= 0.6 is 23.7 Å². The second-order valence-electron chi connectivity index (χ2n) is 3.35. The second kappa shape index (κ2) is 6.63. The van der Waals surface area contributed by atoms with Crippen LogP contribution in [0, 0.1) is 0 Å². The number of hydrogen-bond acceptors (Lipinski definition) is 3. The van der Waals surface area contributed by atoms with Crippen LogP contribution in [-0.2, 0) is 6.42 Å². The fourth-order valence-electron chi connectivity index (χ4n) is 1.40. The molecule has 0 unspecified atom stereocenters. The van der Waals surface area contributed by atoms with Crippen molar-refractivity contribution < 1.29 is 0 Å². The van der Waals surface area contributed by atoms with E-state index in [2.05, 4.69) is 27.8 Å². The minimum atomic E-state index is 0. The summed E-state index contributed by atoms with van der Waals surface area (Å²) in [4.78, 5) is 4.60. The van der Waals surface area contributed by atoms with Crippen LogP contribution in [0.25, 0.3) is 11.3 Å². The van der Waals surface area contributed by atoms with E-state index in [-0.39, 0.29) is 12.4 Å². The highest BCUT2D eigenvalue weighted by Gasteiger charge is 2.02. The predicted octanol–water partition coefficient (Wildman–Crippen LogP) is 2.99. The van der Waals surface area contributed by atoms with Crippen LogP contribution in [-0.4, -0.2) is 18.6 Å². The highest BCUT2D eigenvalue weighted by Crippen LogP contribution is 2.21. The standard InChI is InChI=1S/C12H14N2S.ClH/c1-13-8-7-12-14-11(9-15-12)10-5-3-2-4-6-10;/h2-6,9,13H,7-8H2,1H3;1H. The molecule has 1 aromatic heterocycles. The van der Waals surface area contributed by atoms with Crippen molar-refractivity contribution in [3.8, 4) is 11.3 Å². The van der Waals surface area contributed by atoms with Crippen molar-refractivity contribution in [1.29, 1.82) is 0 Å². The monoisotopic (exact) mass is 254 g/mol. The Balaban J connectivity index is 0.00000128. The number of halogens is 1. The third-order valence-corrected chi connectivity index (χ3v) is 3.12. The Morgan fingerprint density at radius 1 is 1.25 bits per heavy atom. The maximum Gasteiger partial charge on any atom is 0.0945 e. The Kier molecular flexibility index (Phi) is 5.46. The van der Waals surface area contributed by atoms with E-state index in [4.69, 9.17) is 0 Å². The van der Waals surface area contributed by atoms with Gasteiger partial charge in [-0.15, -0.1) is 23.7 Å². The highest BCUT2D eigenvalue weighted by molar-refractivity contribution is 7.09. The van der Waals surface area contributed by atoms with E-state index in [1.165, 1.54) is 10.6 Å². The topological polar surface area (TPSA) is 24.9 Å². The number of thiazole rings is 1. The third-order valence-electron chi connectivity index (χ3n) is 2.21. The molecule has 0 atom stereocenters. The lowest BCUT2D eigenvalue weighted by Gasteiger charge is -1.95. The molecule has 16 heavy (non-hydrogen) atoms. The Hall–Kier alpha value is -0.900. The Morgan fingerprint density at radius 3 is 2.69 bits per heavy atom. The molecule has 86 valence electrons. The number of nitrogens with one attached hydrogen (secondary N) is 1. The zero-order valence-electron chi connectivity index (χ0n) is 9.14. The van der Waals surface area contributed by atoms with Gasteiger partial charge in [-0.2, -0.15) is 0 Å². The number of nitrogens with zero attached hydrogens (tertiary/aromatic N) is 1. The van der Waals surface area contributed by atoms with Gasteiger partial charge in [0, 0.05) is 23.9 Å². The molecule has 1 heterocycles. The first-order valence-electron chi connectivity index (χ1n) is 5.04. The number of hydrogen-bond donors (Lipinski definition) is 1. The quantitative estimate of drug-likeness (QED) is 0.907. The van der Waals surface area contributed by atoms with Crippen molar-refractivity contribution in [2.75, 3.05) is 13.6 Å². The molecule has 1 aromatic carbocycles. The smallest absolute Gasteiger partial charge is 0.0945 e. The molecule has 0 saturated heterocycles. The molecule has 1 N–H and O–H groups in total. The first kappa shape index (κ1) is 13.2. The van der Waals surface area contributed by atoms with E-state index in [0.29, 0.717) is 0 Å². The summed E-state index contributed by atoms with van der Waals surface area (Å²) in [5.74, 6) is 0. The summed E-state index contributed by atoms with van der Waals surface area (Å²) in [6.07, 6.45) is 1.01. The van der Waals surface area contributed by atoms with E-state index < -0.39 is 0 Å². The summed E-state index contributed by atoms with van der Waals surface area (Å²) in [5.41, 5.74) is 2.29. The van der Waals surface area contributed by atoms with Gasteiger partial charge in [0.15, 0.2) is 0 Å². The molecule has 0 aliphatic rings. The van der Waals surface area contributed by atoms with Crippen molar-refractivity contribution in [1.82, 2.24) is 10.3 Å². The van der Waals surface area contributed by atoms with Crippen LogP contribution in [0.4, 0.5) is 0 Å². The van der Waals surface area contributed by atoms with Gasteiger partial charge < -0.3 is 5.32 Å². The highest BCUT2D eigenvalue weighted by atomic mass is 35.5. The van der Waals surface area contributed by atoms with Crippen molar-refractivity contribution in [3.63, 3.8) is 0 Å². The lowest BCUT2D eigenvalue weighted by molar-refractivity contribution is 0.788. The van der Waals surface area contributed by atoms with Crippen LogP contribution < -0.4 is 5.32 Å². The van der Waals surface area contributed by atoms with Gasteiger partial charge in [-0.3, -0.25) is 0 Å². The normalized spacial score (nSPS) is 9.81. The molecular formula is C12H15ClN2S. The van der Waals surface area contributed by atoms with Crippen LogP contribution in [0.2, 0.25) is 0 Å². The molecule has 4 heteroatoms. The summed E-state index contributed by atoms with van der Waals surface area (Å²) in [6, 6.07) is 10.3. The van der Waals surface area contributed by atoms with E-state index in [0.717, 1.165) is 18.7 Å². The molecule has 2 rings (SSSR count). The molecule has 0 bridgehead atoms. The van der Waals surface area contributed by atoms with Gasteiger partial charge in [0.25, 0.3) is 0 Å². The fourth-order valence-corrected chi connectivity index (χ4v) is 2.21. The van der Waals surface area contributed by atoms with Crippen LogP contribution in [0.15, 0.2) is 35.7 Å². The van der Waals surface area contributed by atoms with Gasteiger partial charge in [0.2, 0.25) is 0 Å². The second-order valence-corrected chi connectivity index (χ2v) is 4.29. The fraction of sp³-hybridized carbons (Fsp3) is 0.250. The Morgan fingerprint density at radius 2 is 2.00 bits per heavy atom. The predicted molar refractivity (Wildman–Crippen MR) is 72.4 cm³/mol. The summed E-state index contributed by atoms with van der Waals surface area (Å²) in [6.45, 7) is 0.988. The van der Waals surface area contributed by atoms with Gasteiger partial charge >= 0.3 is 0 Å². The molecule has 0 radical (unpaired) electrons. The Bertz CT molecular complexity index is 414. The van der Waals surface area contributed by atoms with Gasteiger partial charge in [0.05, 0.1) is 10.7 Å². The molecule has 0 saturated carbocycles. The van der Waals surface area contributed by atoms with Crippen LogP contribution in [0.3, 0.4) is 0 Å². The first-order chi connectivity index (χ1) is 7.40. The third kappa shape index (κ3) is 3.30. The minimum absolute atomic E-state index is 0. The van der Waals surface area contributed by atoms with Crippen molar-refractivity contribution in [2.45, 2.75) is 6.42 Å². The molecular weight excluding hydrogens is 240 g/mol. The van der Waals surface area contributed by atoms with Crippen LogP contribution in [0.1, 0.15) is 5.01 Å². The minimum Gasteiger partial charge on any atom is -0.319 e. The molecule has 2 aromatic rings. The van der Waals surface area contributed by atoms with Gasteiger partial charge in [-0.1, -0.05) is 30.3 Å². The lowest BCUT2D eigenvalue weighted by atomic mass is 10.2. The molecule has 0 fully saturated rings. The van der Waals surface area contributed by atoms with Crippen molar-refractivity contribution in [3.05, 3.63) is 40.7 Å². The summed E-state index contributed by atoms with van der Waals surface area (Å²) < 4.78 is 0. The SMILES string of the molecule is CNCCc1nc(-c2ccccc2)cs1.Cl. The van der Waals surface area contributed by atoms with Crippen LogP contribution in [0.5, 0.6) is 0 Å². The molecule has 0 spiro atoms. The molecule has 2 nitrogen and oxygen atoms in total. The summed E-state index contributed by atoms with van der Waals surface area (Å²) in [7, 11) is 1.96. The van der Waals surface area contributed by atoms with E-state index in [1.807, 2.05) is 25.2 Å². The number of likely N-dealkylation sites (N-methyl/N-ethyl adjacent to an activating group) is 1. The van der Waals surface area contributed by atoms with Gasteiger partial charge in [-0.25, -0.2) is 4.98 Å². The van der Waals surface area contributed by atoms with E-state index in [1.54, 1.807) is 11.3 Å². The van der Waals surface area contributed by atoms with Gasteiger partial charge in [0.1, 0.15) is 0 Å². The van der Waals surface area contributed by atoms with E-state index in [9.17, 15) is 0 Å². The molecule has 0 aliphatic heterocycles. The average molecular weight is 255 g/mol. The largest absolute Gasteiger partial charge is 0.319 e. The summed E-state index contributed by atoms with van der Waals surface area (Å²) >= 11 is 1.73. The zero-order chi connectivity index (χ0) is 10.5. The average Bonchev–Trinajstić information content (AvgIpc) is 2.76. The van der Waals surface area contributed by atoms with Crippen molar-refractivity contribution >= 4 is 23.7 Å². The van der Waals surface area contributed by atoms with Crippen molar-refractivity contribution in [2.24, 2.45) is 0 Å². The first-order valence-corrected chi connectivity index (χ1v) is 5.92. The van der Waals surface area contributed by atoms with Gasteiger partial charge in [-0.05, 0) is 7.05 Å². The maximum atomic E-state index is 4.60. The Labute approximate surface area is 106 Å².